The van der Waals surface area contributed by atoms with Crippen molar-refractivity contribution >= 4 is 29.1 Å². The Morgan fingerprint density at radius 3 is 2.03 bits per heavy atom. The van der Waals surface area contributed by atoms with Crippen LogP contribution in [-0.4, -0.2) is 11.8 Å². The van der Waals surface area contributed by atoms with Crippen molar-refractivity contribution in [2.45, 2.75) is 25.7 Å². The van der Waals surface area contributed by atoms with Gasteiger partial charge in [0.25, 0.3) is 0 Å². The average Bonchev–Trinajstić information content (AvgIpc) is 2.96. The Kier molecular flexibility index (Phi) is 3.48. The molecule has 30 heavy (non-hydrogen) atoms. The van der Waals surface area contributed by atoms with Gasteiger partial charge in [0, 0.05) is 16.9 Å². The molecule has 2 amide bonds. The monoisotopic (exact) mass is 413 g/mol. The molecule has 3 aromatic rings. The molecule has 1 saturated heterocycles. The highest BCUT2D eigenvalue weighted by Gasteiger charge is 2.68. The number of halogens is 1. The zero-order valence-corrected chi connectivity index (χ0v) is 17.5. The number of nitrogens with zero attached hydrogens (tertiary/aromatic N) is 1. The molecule has 1 fully saturated rings. The molecule has 7 rings (SSSR count). The van der Waals surface area contributed by atoms with Gasteiger partial charge in [0.05, 0.1) is 17.0 Å². The highest BCUT2D eigenvalue weighted by Crippen LogP contribution is 2.67. The molecular weight excluding hydrogens is 394 g/mol. The number of amides is 2. The fourth-order valence-electron chi connectivity index (χ4n) is 6.17. The summed E-state index contributed by atoms with van der Waals surface area (Å²) in [5.74, 6) is -0.916. The highest BCUT2D eigenvalue weighted by molar-refractivity contribution is 6.32. The van der Waals surface area contributed by atoms with E-state index in [2.05, 4.69) is 24.3 Å². The van der Waals surface area contributed by atoms with Crippen LogP contribution in [-0.2, 0) is 9.59 Å². The number of hydrogen-bond acceptors (Lipinski definition) is 2. The lowest BCUT2D eigenvalue weighted by molar-refractivity contribution is -0.128. The van der Waals surface area contributed by atoms with Gasteiger partial charge in [0.15, 0.2) is 0 Å². The predicted octanol–water partition coefficient (Wildman–Crippen LogP) is 5.44. The highest BCUT2D eigenvalue weighted by atomic mass is 35.5. The number of hydrogen-bond donors (Lipinski definition) is 0. The summed E-state index contributed by atoms with van der Waals surface area (Å²) in [4.78, 5) is 29.3. The lowest BCUT2D eigenvalue weighted by Crippen LogP contribution is -2.49. The number of rotatable bonds is 1. The van der Waals surface area contributed by atoms with Crippen molar-refractivity contribution in [1.82, 2.24) is 0 Å². The lowest BCUT2D eigenvalue weighted by atomic mass is 9.48. The standard InChI is InChI=1S/C26H20ClNO2/c1-14-11-12-15(27)13-20(14)28-24(29)23-21-16-7-3-5-9-18(16)22(26(23,2)25(28)30)19-10-6-4-8-17(19)21/h3-13,21-23H,1-2H3/t21?,22?,23-,26-/m0/s1. The fraction of sp³-hybridized carbons (Fsp3) is 0.231. The minimum Gasteiger partial charge on any atom is -0.274 e. The van der Waals surface area contributed by atoms with Crippen LogP contribution in [0.15, 0.2) is 66.7 Å². The number of imide groups is 1. The quantitative estimate of drug-likeness (QED) is 0.498. The summed E-state index contributed by atoms with van der Waals surface area (Å²) in [5.41, 5.74) is 5.34. The Balaban J connectivity index is 1.63. The summed E-state index contributed by atoms with van der Waals surface area (Å²) in [6.07, 6.45) is 0. The maximum atomic E-state index is 14.0. The van der Waals surface area contributed by atoms with Crippen molar-refractivity contribution in [3.63, 3.8) is 0 Å². The van der Waals surface area contributed by atoms with Crippen LogP contribution >= 0.6 is 11.6 Å². The molecular formula is C26H20ClNO2. The van der Waals surface area contributed by atoms with Crippen molar-refractivity contribution in [3.05, 3.63) is 99.6 Å². The normalized spacial score (nSPS) is 28.4. The molecule has 0 radical (unpaired) electrons. The van der Waals surface area contributed by atoms with E-state index in [1.165, 1.54) is 27.2 Å². The van der Waals surface area contributed by atoms with Gasteiger partial charge in [-0.05, 0) is 53.8 Å². The molecule has 4 aliphatic rings. The summed E-state index contributed by atoms with van der Waals surface area (Å²) in [5, 5.41) is 0.519. The molecule has 1 heterocycles. The van der Waals surface area contributed by atoms with Crippen LogP contribution in [0.5, 0.6) is 0 Å². The first-order valence-electron chi connectivity index (χ1n) is 10.3. The topological polar surface area (TPSA) is 37.4 Å². The third kappa shape index (κ3) is 1.96. The molecule has 3 nitrogen and oxygen atoms in total. The van der Waals surface area contributed by atoms with Gasteiger partial charge in [-0.25, -0.2) is 4.90 Å². The maximum Gasteiger partial charge on any atom is 0.241 e. The third-order valence-electron chi connectivity index (χ3n) is 7.43. The fourth-order valence-corrected chi connectivity index (χ4v) is 6.33. The van der Waals surface area contributed by atoms with Gasteiger partial charge in [-0.15, -0.1) is 0 Å². The van der Waals surface area contributed by atoms with Crippen LogP contribution in [0.3, 0.4) is 0 Å². The van der Waals surface area contributed by atoms with E-state index in [9.17, 15) is 9.59 Å². The summed E-state index contributed by atoms with van der Waals surface area (Å²) >= 11 is 6.24. The first kappa shape index (κ1) is 17.9. The van der Waals surface area contributed by atoms with E-state index in [1.807, 2.05) is 44.2 Å². The number of carbonyl (C=O) groups is 2. The van der Waals surface area contributed by atoms with E-state index in [1.54, 1.807) is 12.1 Å². The van der Waals surface area contributed by atoms with Gasteiger partial charge >= 0.3 is 0 Å². The van der Waals surface area contributed by atoms with E-state index in [0.29, 0.717) is 10.7 Å². The Labute approximate surface area is 180 Å². The second-order valence-corrected chi connectivity index (χ2v) is 9.27. The SMILES string of the molecule is Cc1ccc(Cl)cc1N1C(=O)[C@@H]2C3c4ccccc4C(c4ccccc43)[C@]2(C)C1=O. The molecule has 3 aliphatic carbocycles. The first-order valence-corrected chi connectivity index (χ1v) is 10.6. The summed E-state index contributed by atoms with van der Waals surface area (Å²) in [7, 11) is 0. The largest absolute Gasteiger partial charge is 0.274 e. The Morgan fingerprint density at radius 2 is 1.43 bits per heavy atom. The summed E-state index contributed by atoms with van der Waals surface area (Å²) in [6, 6.07) is 22.0. The Bertz CT molecular complexity index is 1220. The minimum atomic E-state index is -0.820. The first-order chi connectivity index (χ1) is 14.4. The molecule has 2 atom stereocenters. The number of benzene rings is 3. The van der Waals surface area contributed by atoms with Gasteiger partial charge in [-0.1, -0.05) is 66.2 Å². The van der Waals surface area contributed by atoms with Crippen molar-refractivity contribution < 1.29 is 9.59 Å². The van der Waals surface area contributed by atoms with Gasteiger partial charge in [-0.3, -0.25) is 9.59 Å². The van der Waals surface area contributed by atoms with Crippen molar-refractivity contribution in [1.29, 1.82) is 0 Å². The summed E-state index contributed by atoms with van der Waals surface area (Å²) in [6.45, 7) is 3.90. The second-order valence-electron chi connectivity index (χ2n) is 8.84. The van der Waals surface area contributed by atoms with Crippen LogP contribution in [0.2, 0.25) is 5.02 Å². The van der Waals surface area contributed by atoms with Gasteiger partial charge in [-0.2, -0.15) is 0 Å². The smallest absolute Gasteiger partial charge is 0.241 e. The predicted molar refractivity (Wildman–Crippen MR) is 117 cm³/mol. The molecule has 0 N–H and O–H groups in total. The van der Waals surface area contributed by atoms with Gasteiger partial charge in [0.2, 0.25) is 11.8 Å². The van der Waals surface area contributed by atoms with E-state index in [0.717, 1.165) is 5.56 Å². The van der Waals surface area contributed by atoms with Crippen molar-refractivity contribution in [2.75, 3.05) is 4.90 Å². The Morgan fingerprint density at radius 1 is 0.867 bits per heavy atom. The zero-order chi connectivity index (χ0) is 20.8. The molecule has 2 bridgehead atoms. The molecule has 0 aromatic heterocycles. The molecule has 0 unspecified atom stereocenters. The van der Waals surface area contributed by atoms with Crippen LogP contribution in [0.25, 0.3) is 0 Å². The Hall–Kier alpha value is -2.91. The molecule has 3 aromatic carbocycles. The van der Waals surface area contributed by atoms with Gasteiger partial charge in [0.1, 0.15) is 0 Å². The molecule has 0 spiro atoms. The second kappa shape index (κ2) is 5.83. The van der Waals surface area contributed by atoms with E-state index in [4.69, 9.17) is 11.6 Å². The number of anilines is 1. The van der Waals surface area contributed by atoms with Crippen LogP contribution in [0.4, 0.5) is 5.69 Å². The molecule has 148 valence electrons. The molecule has 1 aliphatic heterocycles. The van der Waals surface area contributed by atoms with Gasteiger partial charge < -0.3 is 0 Å². The summed E-state index contributed by atoms with van der Waals surface area (Å²) < 4.78 is 0. The van der Waals surface area contributed by atoms with Crippen LogP contribution < -0.4 is 4.90 Å². The van der Waals surface area contributed by atoms with E-state index in [-0.39, 0.29) is 23.7 Å². The third-order valence-corrected chi connectivity index (χ3v) is 7.66. The molecule has 0 saturated carbocycles. The van der Waals surface area contributed by atoms with Crippen LogP contribution in [0, 0.1) is 18.3 Å². The maximum absolute atomic E-state index is 14.0. The zero-order valence-electron chi connectivity index (χ0n) is 16.7. The number of aryl methyl sites for hydroxylation is 1. The van der Waals surface area contributed by atoms with Crippen molar-refractivity contribution in [3.8, 4) is 0 Å². The van der Waals surface area contributed by atoms with Crippen LogP contribution in [0.1, 0.15) is 46.6 Å². The average molecular weight is 414 g/mol. The van der Waals surface area contributed by atoms with E-state index < -0.39 is 11.3 Å². The lowest BCUT2D eigenvalue weighted by Gasteiger charge is -2.51. The number of carbonyl (C=O) groups excluding carboxylic acids is 2. The van der Waals surface area contributed by atoms with Crippen molar-refractivity contribution in [2.24, 2.45) is 11.3 Å². The minimum absolute atomic E-state index is 0.117. The molecule has 4 heteroatoms. The van der Waals surface area contributed by atoms with E-state index >= 15 is 0 Å².